The number of nitrogens with one attached hydrogen (secondary N) is 2. The van der Waals surface area contributed by atoms with Gasteiger partial charge in [0.1, 0.15) is 5.54 Å². The Labute approximate surface area is 193 Å². The van der Waals surface area contributed by atoms with E-state index in [-0.39, 0.29) is 18.4 Å². The lowest BCUT2D eigenvalue weighted by Gasteiger charge is -2.34. The van der Waals surface area contributed by atoms with Gasteiger partial charge >= 0.3 is 6.03 Å². The lowest BCUT2D eigenvalue weighted by Crippen LogP contribution is -2.54. The number of carbonyl (C=O) groups is 3. The van der Waals surface area contributed by atoms with E-state index in [9.17, 15) is 14.4 Å². The van der Waals surface area contributed by atoms with Gasteiger partial charge in [0.15, 0.2) is 0 Å². The highest BCUT2D eigenvalue weighted by molar-refractivity contribution is 6.08. The van der Waals surface area contributed by atoms with E-state index in [0.717, 1.165) is 57.0 Å². The average Bonchev–Trinajstić information content (AvgIpc) is 3.05. The highest BCUT2D eigenvalue weighted by atomic mass is 16.2. The molecule has 2 aromatic rings. The summed E-state index contributed by atoms with van der Waals surface area (Å²) in [6.07, 6.45) is 4.18. The monoisotopic (exact) mass is 449 g/mol. The Morgan fingerprint density at radius 3 is 2.39 bits per heavy atom. The van der Waals surface area contributed by atoms with Crippen LogP contribution < -0.4 is 10.7 Å². The van der Waals surface area contributed by atoms with Gasteiger partial charge in [-0.1, -0.05) is 61.7 Å². The predicted octanol–water partition coefficient (Wildman–Crippen LogP) is 2.24. The quantitative estimate of drug-likeness (QED) is 0.684. The fourth-order valence-electron chi connectivity index (χ4n) is 5.36. The minimum absolute atomic E-state index is 0.173. The number of fused-ring (bicyclic) bond motifs is 1. The number of imide groups is 1. The number of hydrogen-bond donors (Lipinski definition) is 2. The summed E-state index contributed by atoms with van der Waals surface area (Å²) in [4.78, 5) is 42.3. The molecule has 3 fully saturated rings. The molecule has 2 heterocycles. The van der Waals surface area contributed by atoms with Gasteiger partial charge in [0.25, 0.3) is 11.8 Å². The standard InChI is InChI=1S/C25H31N5O3/c31-22(27-30-23(32)25(26-24(30)33)11-4-1-5-12-25)18-29-15-13-28(14-16-29)17-20-9-6-8-19-7-2-3-10-21(19)20/h2-3,6-10H,1,4-5,11-18H2,(H,26,33)(H,27,31). The first-order valence-electron chi connectivity index (χ1n) is 11.9. The summed E-state index contributed by atoms with van der Waals surface area (Å²) in [7, 11) is 0. The van der Waals surface area contributed by atoms with Crippen LogP contribution in [-0.4, -0.2) is 70.9 Å². The maximum absolute atomic E-state index is 12.8. The van der Waals surface area contributed by atoms with Crippen molar-refractivity contribution in [1.29, 1.82) is 0 Å². The molecular formula is C25H31N5O3. The van der Waals surface area contributed by atoms with Gasteiger partial charge in [0.2, 0.25) is 0 Å². The first-order valence-corrected chi connectivity index (χ1v) is 11.9. The van der Waals surface area contributed by atoms with Crippen molar-refractivity contribution in [1.82, 2.24) is 25.6 Å². The highest BCUT2D eigenvalue weighted by Crippen LogP contribution is 2.33. The number of urea groups is 1. The van der Waals surface area contributed by atoms with Crippen LogP contribution in [0.1, 0.15) is 37.7 Å². The first kappa shape index (κ1) is 21.9. The summed E-state index contributed by atoms with van der Waals surface area (Å²) in [5, 5.41) is 6.25. The summed E-state index contributed by atoms with van der Waals surface area (Å²) in [5.41, 5.74) is 3.04. The molecule has 8 heteroatoms. The van der Waals surface area contributed by atoms with Crippen LogP contribution in [0.4, 0.5) is 4.79 Å². The molecule has 4 amide bonds. The number of rotatable bonds is 5. The average molecular weight is 450 g/mol. The van der Waals surface area contributed by atoms with Crippen LogP contribution in [0.25, 0.3) is 10.8 Å². The normalized spacial score (nSPS) is 21.5. The van der Waals surface area contributed by atoms with Crippen molar-refractivity contribution in [3.8, 4) is 0 Å². The van der Waals surface area contributed by atoms with Crippen LogP contribution in [0.3, 0.4) is 0 Å². The van der Waals surface area contributed by atoms with Gasteiger partial charge in [-0.2, -0.15) is 5.01 Å². The third-order valence-electron chi connectivity index (χ3n) is 7.21. The molecule has 8 nitrogen and oxygen atoms in total. The number of hydrazine groups is 1. The fraction of sp³-hybridized carbons (Fsp3) is 0.480. The Balaban J connectivity index is 1.12. The lowest BCUT2D eigenvalue weighted by molar-refractivity contribution is -0.140. The first-order chi connectivity index (χ1) is 16.0. The van der Waals surface area contributed by atoms with Gasteiger partial charge in [0.05, 0.1) is 6.54 Å². The van der Waals surface area contributed by atoms with E-state index in [4.69, 9.17) is 0 Å². The molecule has 1 aliphatic carbocycles. The number of carbonyl (C=O) groups excluding carboxylic acids is 3. The molecule has 3 aliphatic rings. The molecule has 0 radical (unpaired) electrons. The van der Waals surface area contributed by atoms with Crippen LogP contribution in [0.5, 0.6) is 0 Å². The van der Waals surface area contributed by atoms with E-state index < -0.39 is 11.6 Å². The second-order valence-corrected chi connectivity index (χ2v) is 9.44. The van der Waals surface area contributed by atoms with E-state index in [1.165, 1.54) is 16.3 Å². The molecule has 174 valence electrons. The maximum atomic E-state index is 12.8. The van der Waals surface area contributed by atoms with Crippen molar-refractivity contribution < 1.29 is 14.4 Å². The van der Waals surface area contributed by atoms with Crippen molar-refractivity contribution in [2.45, 2.75) is 44.2 Å². The van der Waals surface area contributed by atoms with Gasteiger partial charge in [-0.05, 0) is 29.2 Å². The predicted molar refractivity (Wildman–Crippen MR) is 125 cm³/mol. The van der Waals surface area contributed by atoms with Crippen LogP contribution in [0, 0.1) is 0 Å². The largest absolute Gasteiger partial charge is 0.344 e. The molecule has 33 heavy (non-hydrogen) atoms. The van der Waals surface area contributed by atoms with Crippen molar-refractivity contribution in [2.75, 3.05) is 32.7 Å². The van der Waals surface area contributed by atoms with Crippen LogP contribution >= 0.6 is 0 Å². The zero-order valence-corrected chi connectivity index (χ0v) is 18.9. The highest BCUT2D eigenvalue weighted by Gasteiger charge is 2.52. The topological polar surface area (TPSA) is 85.0 Å². The molecule has 1 spiro atoms. The number of piperazine rings is 1. The Morgan fingerprint density at radius 2 is 1.61 bits per heavy atom. The summed E-state index contributed by atoms with van der Waals surface area (Å²) >= 11 is 0. The van der Waals surface area contributed by atoms with E-state index in [1.54, 1.807) is 0 Å². The van der Waals surface area contributed by atoms with Gasteiger partial charge in [-0.25, -0.2) is 4.79 Å². The Bertz CT molecular complexity index is 1050. The number of nitrogens with zero attached hydrogens (tertiary/aromatic N) is 3. The van der Waals surface area contributed by atoms with Gasteiger partial charge in [-0.3, -0.25) is 24.8 Å². The Morgan fingerprint density at radius 1 is 0.909 bits per heavy atom. The van der Waals surface area contributed by atoms with E-state index in [1.807, 2.05) is 0 Å². The molecule has 5 rings (SSSR count). The molecule has 0 atom stereocenters. The van der Waals surface area contributed by atoms with Crippen molar-refractivity contribution in [3.63, 3.8) is 0 Å². The Kier molecular flexibility index (Phi) is 6.03. The van der Waals surface area contributed by atoms with Gasteiger partial charge in [0, 0.05) is 32.7 Å². The summed E-state index contributed by atoms with van der Waals surface area (Å²) < 4.78 is 0. The smallest absolute Gasteiger partial charge is 0.322 e. The molecule has 2 aromatic carbocycles. The molecule has 0 unspecified atom stereocenters. The SMILES string of the molecule is O=C(CN1CCN(Cc2cccc3ccccc23)CC1)NN1C(=O)NC2(CCCCC2)C1=O. The molecule has 1 saturated carbocycles. The lowest BCUT2D eigenvalue weighted by atomic mass is 9.82. The minimum atomic E-state index is -0.824. The third-order valence-corrected chi connectivity index (χ3v) is 7.21. The maximum Gasteiger partial charge on any atom is 0.344 e. The van der Waals surface area contributed by atoms with Crippen LogP contribution in [0.2, 0.25) is 0 Å². The summed E-state index contributed by atoms with van der Waals surface area (Å²) in [6.45, 7) is 4.31. The molecule has 2 saturated heterocycles. The number of amides is 4. The second kappa shape index (κ2) is 9.11. The number of hydrogen-bond acceptors (Lipinski definition) is 5. The van der Waals surface area contributed by atoms with Crippen LogP contribution in [-0.2, 0) is 16.1 Å². The minimum Gasteiger partial charge on any atom is -0.322 e. The fourth-order valence-corrected chi connectivity index (χ4v) is 5.36. The summed E-state index contributed by atoms with van der Waals surface area (Å²) in [5.74, 6) is -0.644. The summed E-state index contributed by atoms with van der Waals surface area (Å²) in [6, 6.07) is 14.3. The van der Waals surface area contributed by atoms with Gasteiger partial charge in [-0.15, -0.1) is 0 Å². The molecule has 2 N–H and O–H groups in total. The van der Waals surface area contributed by atoms with Gasteiger partial charge < -0.3 is 5.32 Å². The molecule has 2 aliphatic heterocycles. The molecular weight excluding hydrogens is 418 g/mol. The van der Waals surface area contributed by atoms with Crippen molar-refractivity contribution in [3.05, 3.63) is 48.0 Å². The zero-order valence-electron chi connectivity index (χ0n) is 18.9. The van der Waals surface area contributed by atoms with E-state index in [0.29, 0.717) is 12.8 Å². The van der Waals surface area contributed by atoms with E-state index >= 15 is 0 Å². The van der Waals surface area contributed by atoms with E-state index in [2.05, 4.69) is 63.0 Å². The Hall–Kier alpha value is -2.97. The molecule has 0 aromatic heterocycles. The van der Waals surface area contributed by atoms with Crippen molar-refractivity contribution in [2.24, 2.45) is 0 Å². The van der Waals surface area contributed by atoms with Crippen LogP contribution in [0.15, 0.2) is 42.5 Å². The third kappa shape index (κ3) is 4.45. The second-order valence-electron chi connectivity index (χ2n) is 9.44. The van der Waals surface area contributed by atoms with Crippen molar-refractivity contribution >= 4 is 28.6 Å². The number of benzene rings is 2. The molecule has 0 bridgehead atoms. The zero-order chi connectivity index (χ0) is 22.8.